The molecule has 0 aliphatic heterocycles. The molecule has 0 bridgehead atoms. The van der Waals surface area contributed by atoms with Gasteiger partial charge in [0.15, 0.2) is 11.6 Å². The van der Waals surface area contributed by atoms with E-state index in [1.807, 2.05) is 24.9 Å². The van der Waals surface area contributed by atoms with Crippen LogP contribution >= 0.6 is 0 Å². The Morgan fingerprint density at radius 1 is 1.12 bits per heavy atom. The van der Waals surface area contributed by atoms with Gasteiger partial charge in [0.1, 0.15) is 5.76 Å². The second-order valence-electron chi connectivity index (χ2n) is 5.96. The number of hydrogen-bond acceptors (Lipinski definition) is 3. The number of amides is 1. The molecule has 0 aliphatic rings. The van der Waals surface area contributed by atoms with Crippen molar-refractivity contribution in [1.29, 1.82) is 0 Å². The molecule has 1 amide bonds. The van der Waals surface area contributed by atoms with E-state index in [0.717, 1.165) is 17.9 Å². The molecule has 4 nitrogen and oxygen atoms in total. The van der Waals surface area contributed by atoms with Crippen molar-refractivity contribution in [3.8, 4) is 0 Å². The second kappa shape index (κ2) is 7.57. The molecule has 0 radical (unpaired) electrons. The molecule has 0 aliphatic carbocycles. The van der Waals surface area contributed by atoms with E-state index in [9.17, 15) is 13.6 Å². The van der Waals surface area contributed by atoms with Crippen molar-refractivity contribution in [3.63, 3.8) is 0 Å². The van der Waals surface area contributed by atoms with Crippen LogP contribution < -0.4 is 0 Å². The number of rotatable bonds is 6. The minimum atomic E-state index is -0.913. The van der Waals surface area contributed by atoms with Crippen molar-refractivity contribution < 1.29 is 18.0 Å². The molecule has 24 heavy (non-hydrogen) atoms. The number of carbonyl (C=O) groups excluding carboxylic acids is 1. The molecule has 2 rings (SSSR count). The van der Waals surface area contributed by atoms with Crippen LogP contribution in [0.4, 0.5) is 8.78 Å². The molecule has 0 spiro atoms. The molecule has 0 N–H and O–H groups in total. The van der Waals surface area contributed by atoms with Crippen LogP contribution in [-0.2, 0) is 4.79 Å². The minimum absolute atomic E-state index is 0.0454. The van der Waals surface area contributed by atoms with Crippen molar-refractivity contribution in [3.05, 3.63) is 59.6 Å². The van der Waals surface area contributed by atoms with E-state index in [4.69, 9.17) is 4.42 Å². The molecule has 0 saturated carbocycles. The molecular weight excluding hydrogens is 314 g/mol. The Labute approximate surface area is 140 Å². The van der Waals surface area contributed by atoms with Gasteiger partial charge in [0.2, 0.25) is 5.91 Å². The van der Waals surface area contributed by atoms with E-state index in [-0.39, 0.29) is 24.5 Å². The standard InChI is InChI=1S/C18H22F2N2O2/c1-12(14-7-8-15(19)16(20)10-14)22(4)18(23)11-21(3)13(2)17-6-5-9-24-17/h5-10,12-13H,11H2,1-4H3. The van der Waals surface area contributed by atoms with Crippen molar-refractivity contribution in [1.82, 2.24) is 9.80 Å². The number of nitrogens with zero attached hydrogens (tertiary/aromatic N) is 2. The predicted molar refractivity (Wildman–Crippen MR) is 87.3 cm³/mol. The summed E-state index contributed by atoms with van der Waals surface area (Å²) >= 11 is 0. The van der Waals surface area contributed by atoms with E-state index in [0.29, 0.717) is 5.56 Å². The summed E-state index contributed by atoms with van der Waals surface area (Å²) in [6.45, 7) is 3.91. The fourth-order valence-corrected chi connectivity index (χ4v) is 2.42. The Balaban J connectivity index is 2.01. The van der Waals surface area contributed by atoms with E-state index in [1.54, 1.807) is 26.3 Å². The van der Waals surface area contributed by atoms with Crippen LogP contribution in [0.2, 0.25) is 0 Å². The molecule has 0 saturated heterocycles. The zero-order valence-electron chi connectivity index (χ0n) is 14.3. The van der Waals surface area contributed by atoms with Crippen molar-refractivity contribution >= 4 is 5.91 Å². The minimum Gasteiger partial charge on any atom is -0.468 e. The SMILES string of the molecule is CC(c1ccco1)N(C)CC(=O)N(C)C(C)c1ccc(F)c(F)c1. The maximum Gasteiger partial charge on any atom is 0.237 e. The van der Waals surface area contributed by atoms with Gasteiger partial charge in [0, 0.05) is 7.05 Å². The highest BCUT2D eigenvalue weighted by molar-refractivity contribution is 5.78. The summed E-state index contributed by atoms with van der Waals surface area (Å²) in [6, 6.07) is 6.94. The van der Waals surface area contributed by atoms with Crippen LogP contribution in [0.5, 0.6) is 0 Å². The smallest absolute Gasteiger partial charge is 0.237 e. The van der Waals surface area contributed by atoms with Gasteiger partial charge in [-0.2, -0.15) is 0 Å². The molecule has 1 aromatic heterocycles. The lowest BCUT2D eigenvalue weighted by Gasteiger charge is -2.29. The van der Waals surface area contributed by atoms with Crippen LogP contribution in [-0.4, -0.2) is 36.3 Å². The number of furan rings is 1. The monoisotopic (exact) mass is 336 g/mol. The van der Waals surface area contributed by atoms with Crippen molar-refractivity contribution in [2.45, 2.75) is 25.9 Å². The third kappa shape index (κ3) is 4.00. The summed E-state index contributed by atoms with van der Waals surface area (Å²) in [5.41, 5.74) is 0.548. The normalized spacial score (nSPS) is 13.8. The molecule has 2 unspecified atom stereocenters. The Morgan fingerprint density at radius 2 is 1.83 bits per heavy atom. The zero-order chi connectivity index (χ0) is 17.9. The maximum absolute atomic E-state index is 13.4. The highest BCUT2D eigenvalue weighted by Crippen LogP contribution is 2.23. The number of benzene rings is 1. The van der Waals surface area contributed by atoms with Crippen LogP contribution in [0.25, 0.3) is 0 Å². The number of likely N-dealkylation sites (N-methyl/N-ethyl adjacent to an activating group) is 2. The van der Waals surface area contributed by atoms with Crippen LogP contribution in [0.15, 0.2) is 41.0 Å². The molecule has 130 valence electrons. The van der Waals surface area contributed by atoms with Gasteiger partial charge in [-0.15, -0.1) is 0 Å². The molecule has 6 heteroatoms. The first kappa shape index (κ1) is 18.1. The van der Waals surface area contributed by atoms with E-state index < -0.39 is 11.6 Å². The molecule has 1 heterocycles. The van der Waals surface area contributed by atoms with Gasteiger partial charge < -0.3 is 9.32 Å². The van der Waals surface area contributed by atoms with E-state index >= 15 is 0 Å². The predicted octanol–water partition coefficient (Wildman–Crippen LogP) is 3.77. The highest BCUT2D eigenvalue weighted by atomic mass is 19.2. The van der Waals surface area contributed by atoms with Crippen LogP contribution in [0, 0.1) is 11.6 Å². The lowest BCUT2D eigenvalue weighted by molar-refractivity contribution is -0.133. The number of carbonyl (C=O) groups is 1. The third-order valence-corrected chi connectivity index (χ3v) is 4.40. The summed E-state index contributed by atoms with van der Waals surface area (Å²) in [7, 11) is 3.49. The third-order valence-electron chi connectivity index (χ3n) is 4.40. The molecule has 2 aromatic rings. The summed E-state index contributed by atoms with van der Waals surface area (Å²) in [6.07, 6.45) is 1.60. The lowest BCUT2D eigenvalue weighted by atomic mass is 10.1. The Kier molecular flexibility index (Phi) is 5.72. The Hall–Kier alpha value is -2.21. The van der Waals surface area contributed by atoms with Gasteiger partial charge >= 0.3 is 0 Å². The first-order valence-electron chi connectivity index (χ1n) is 7.75. The average molecular weight is 336 g/mol. The molecule has 1 aromatic carbocycles. The Morgan fingerprint density at radius 3 is 2.42 bits per heavy atom. The highest BCUT2D eigenvalue weighted by Gasteiger charge is 2.22. The van der Waals surface area contributed by atoms with E-state index in [2.05, 4.69) is 0 Å². The van der Waals surface area contributed by atoms with Crippen LogP contribution in [0.1, 0.15) is 37.3 Å². The van der Waals surface area contributed by atoms with Gasteiger partial charge in [-0.05, 0) is 50.7 Å². The quantitative estimate of drug-likeness (QED) is 0.806. The van der Waals surface area contributed by atoms with Crippen molar-refractivity contribution in [2.75, 3.05) is 20.6 Å². The molecular formula is C18H22F2N2O2. The summed E-state index contributed by atoms with van der Waals surface area (Å²) in [5, 5.41) is 0. The molecule has 2 atom stereocenters. The number of hydrogen-bond donors (Lipinski definition) is 0. The first-order chi connectivity index (χ1) is 11.3. The van der Waals surface area contributed by atoms with E-state index in [1.165, 1.54) is 11.0 Å². The topological polar surface area (TPSA) is 36.7 Å². The fraction of sp³-hybridized carbons (Fsp3) is 0.389. The zero-order valence-corrected chi connectivity index (χ0v) is 14.3. The molecule has 0 fully saturated rings. The van der Waals surface area contributed by atoms with Crippen LogP contribution in [0.3, 0.4) is 0 Å². The summed E-state index contributed by atoms with van der Waals surface area (Å²) in [4.78, 5) is 15.9. The van der Waals surface area contributed by atoms with Gasteiger partial charge in [0.05, 0.1) is 24.9 Å². The van der Waals surface area contributed by atoms with Gasteiger partial charge in [-0.1, -0.05) is 6.07 Å². The maximum atomic E-state index is 13.4. The second-order valence-corrected chi connectivity index (χ2v) is 5.96. The summed E-state index contributed by atoms with van der Waals surface area (Å²) < 4.78 is 31.8. The first-order valence-corrected chi connectivity index (χ1v) is 7.75. The van der Waals surface area contributed by atoms with Gasteiger partial charge in [0.25, 0.3) is 0 Å². The number of halogens is 2. The van der Waals surface area contributed by atoms with Gasteiger partial charge in [-0.3, -0.25) is 9.69 Å². The average Bonchev–Trinajstić information content (AvgIpc) is 3.09. The Bertz CT molecular complexity index is 688. The largest absolute Gasteiger partial charge is 0.468 e. The fourth-order valence-electron chi connectivity index (χ4n) is 2.42. The van der Waals surface area contributed by atoms with Crippen molar-refractivity contribution in [2.24, 2.45) is 0 Å². The lowest BCUT2D eigenvalue weighted by Crippen LogP contribution is -2.38. The summed E-state index contributed by atoms with van der Waals surface area (Å²) in [5.74, 6) is -1.15. The van der Waals surface area contributed by atoms with Gasteiger partial charge in [-0.25, -0.2) is 8.78 Å².